The van der Waals surface area contributed by atoms with E-state index < -0.39 is 29.9 Å². The highest BCUT2D eigenvalue weighted by molar-refractivity contribution is 6.33. The molecule has 0 heterocycles. The minimum absolute atomic E-state index is 0.0270. The van der Waals surface area contributed by atoms with E-state index in [2.05, 4.69) is 5.32 Å². The summed E-state index contributed by atoms with van der Waals surface area (Å²) in [6.07, 6.45) is -4.75. The molecule has 0 aliphatic carbocycles. The van der Waals surface area contributed by atoms with Crippen molar-refractivity contribution in [2.24, 2.45) is 11.8 Å². The first-order chi connectivity index (χ1) is 15.2. The molecule has 0 spiro atoms. The molecule has 0 aliphatic heterocycles. The Morgan fingerprint density at radius 3 is 2.09 bits per heavy atom. The summed E-state index contributed by atoms with van der Waals surface area (Å²) in [5.41, 5.74) is 1.47. The van der Waals surface area contributed by atoms with E-state index in [0.29, 0.717) is 16.1 Å². The Labute approximate surface area is 201 Å². The average molecular weight is 504 g/mol. The number of nitrogens with one attached hydrogen (secondary N) is 1. The molecule has 0 saturated carbocycles. The number of amides is 1. The smallest absolute Gasteiger partial charge is 0.392 e. The van der Waals surface area contributed by atoms with E-state index in [1.165, 1.54) is 30.3 Å². The molecule has 2 aromatic rings. The minimum Gasteiger partial charge on any atom is -0.481 e. The molecule has 2 rings (SSSR count). The average Bonchev–Trinajstić information content (AvgIpc) is 2.69. The van der Waals surface area contributed by atoms with Crippen molar-refractivity contribution in [1.82, 2.24) is 0 Å². The van der Waals surface area contributed by atoms with Crippen molar-refractivity contribution >= 4 is 40.8 Å². The van der Waals surface area contributed by atoms with Gasteiger partial charge in [0.25, 0.3) is 0 Å². The molecule has 3 atom stereocenters. The van der Waals surface area contributed by atoms with Crippen LogP contribution in [-0.2, 0) is 9.59 Å². The topological polar surface area (TPSA) is 66.4 Å². The number of carboxylic acid groups (broad SMARTS) is 1. The van der Waals surface area contributed by atoms with E-state index in [1.54, 1.807) is 13.0 Å². The van der Waals surface area contributed by atoms with Crippen molar-refractivity contribution < 1.29 is 27.9 Å². The second-order valence-corrected chi connectivity index (χ2v) is 9.31. The number of rotatable bonds is 8. The fourth-order valence-corrected chi connectivity index (χ4v) is 4.01. The van der Waals surface area contributed by atoms with Crippen LogP contribution in [0, 0.1) is 18.8 Å². The second kappa shape index (κ2) is 10.8. The number of carbonyl (C=O) groups excluding carboxylic acids is 1. The van der Waals surface area contributed by atoms with Gasteiger partial charge < -0.3 is 10.4 Å². The first kappa shape index (κ1) is 27.0. The molecule has 0 radical (unpaired) electrons. The predicted molar refractivity (Wildman–Crippen MR) is 124 cm³/mol. The minimum atomic E-state index is -4.62. The number of carbonyl (C=O) groups is 2. The van der Waals surface area contributed by atoms with Crippen LogP contribution in [0.1, 0.15) is 55.7 Å². The first-order valence-electron chi connectivity index (χ1n) is 10.4. The highest BCUT2D eigenvalue weighted by Gasteiger charge is 2.45. The summed E-state index contributed by atoms with van der Waals surface area (Å²) < 4.78 is 40.9. The molecule has 4 nitrogen and oxygen atoms in total. The van der Waals surface area contributed by atoms with Gasteiger partial charge in [-0.25, -0.2) is 0 Å². The monoisotopic (exact) mass is 503 g/mol. The number of alkyl halides is 3. The first-order valence-corrected chi connectivity index (χ1v) is 11.1. The van der Waals surface area contributed by atoms with Crippen LogP contribution >= 0.6 is 23.2 Å². The Kier molecular flexibility index (Phi) is 8.82. The standard InChI is InChI=1S/C24H26Cl2F3NO3/c1-12(2)17(11-21(31)32)15-5-8-19(26)20(10-15)30-23(33)22(14(4)24(27,28)29)16-6-7-18(25)13(3)9-16/h5-10,12,14,17,22H,11H2,1-4H3,(H,30,33)(H,31,32). The van der Waals surface area contributed by atoms with Crippen LogP contribution in [0.4, 0.5) is 18.9 Å². The molecule has 0 aliphatic rings. The van der Waals surface area contributed by atoms with E-state index in [0.717, 1.165) is 6.92 Å². The molecule has 33 heavy (non-hydrogen) atoms. The van der Waals surface area contributed by atoms with E-state index in [9.17, 15) is 27.9 Å². The zero-order valence-electron chi connectivity index (χ0n) is 18.6. The van der Waals surface area contributed by atoms with E-state index >= 15 is 0 Å². The molecule has 1 amide bonds. The van der Waals surface area contributed by atoms with E-state index in [4.69, 9.17) is 23.2 Å². The SMILES string of the molecule is Cc1cc(C(C(=O)Nc2cc(C(CC(=O)O)C(C)C)ccc2Cl)C(C)C(F)(F)F)ccc1Cl. The van der Waals surface area contributed by atoms with Gasteiger partial charge in [-0.1, -0.05) is 62.2 Å². The molecule has 0 bridgehead atoms. The van der Waals surface area contributed by atoms with E-state index in [1.807, 2.05) is 13.8 Å². The number of anilines is 1. The van der Waals surface area contributed by atoms with Crippen LogP contribution < -0.4 is 5.32 Å². The zero-order chi connectivity index (χ0) is 25.1. The van der Waals surface area contributed by atoms with Crippen molar-refractivity contribution in [3.8, 4) is 0 Å². The van der Waals surface area contributed by atoms with Gasteiger partial charge in [0, 0.05) is 5.02 Å². The van der Waals surface area contributed by atoms with Crippen molar-refractivity contribution in [3.63, 3.8) is 0 Å². The van der Waals surface area contributed by atoms with Crippen LogP contribution in [0.15, 0.2) is 36.4 Å². The number of hydrogen-bond acceptors (Lipinski definition) is 2. The Hall–Kier alpha value is -2.25. The summed E-state index contributed by atoms with van der Waals surface area (Å²) in [7, 11) is 0. The van der Waals surface area contributed by atoms with Crippen molar-refractivity contribution in [3.05, 3.63) is 63.1 Å². The van der Waals surface area contributed by atoms with Gasteiger partial charge in [-0.05, 0) is 53.6 Å². The highest BCUT2D eigenvalue weighted by Crippen LogP contribution is 2.40. The third-order valence-electron chi connectivity index (χ3n) is 5.72. The Morgan fingerprint density at radius 2 is 1.58 bits per heavy atom. The normalized spacial score (nSPS) is 14.6. The molecule has 9 heteroatoms. The Morgan fingerprint density at radius 1 is 1.00 bits per heavy atom. The highest BCUT2D eigenvalue weighted by atomic mass is 35.5. The van der Waals surface area contributed by atoms with Gasteiger partial charge in [0.1, 0.15) is 0 Å². The maximum atomic E-state index is 13.6. The quantitative estimate of drug-likeness (QED) is 0.393. The summed E-state index contributed by atoms with van der Waals surface area (Å²) in [6, 6.07) is 9.01. The van der Waals surface area contributed by atoms with Crippen molar-refractivity contribution in [2.75, 3.05) is 5.32 Å². The summed E-state index contributed by atoms with van der Waals surface area (Å²) in [4.78, 5) is 24.4. The largest absolute Gasteiger partial charge is 0.481 e. The Bertz CT molecular complexity index is 1020. The molecule has 3 unspecified atom stereocenters. The van der Waals surface area contributed by atoms with Crippen LogP contribution in [-0.4, -0.2) is 23.2 Å². The predicted octanol–water partition coefficient (Wildman–Crippen LogP) is 7.44. The Balaban J connectivity index is 2.46. The molecule has 180 valence electrons. The summed E-state index contributed by atoms with van der Waals surface area (Å²) in [5.74, 6) is -5.76. The number of aryl methyl sites for hydroxylation is 1. The van der Waals surface area contributed by atoms with Crippen LogP contribution in [0.2, 0.25) is 10.0 Å². The van der Waals surface area contributed by atoms with Gasteiger partial charge in [-0.2, -0.15) is 13.2 Å². The van der Waals surface area contributed by atoms with Crippen LogP contribution in [0.25, 0.3) is 0 Å². The molecular weight excluding hydrogens is 478 g/mol. The fourth-order valence-electron chi connectivity index (χ4n) is 3.72. The van der Waals surface area contributed by atoms with Gasteiger partial charge in [-0.3, -0.25) is 9.59 Å². The van der Waals surface area contributed by atoms with Gasteiger partial charge in [0.15, 0.2) is 0 Å². The number of benzene rings is 2. The van der Waals surface area contributed by atoms with Crippen molar-refractivity contribution in [2.45, 2.75) is 52.1 Å². The van der Waals surface area contributed by atoms with E-state index in [-0.39, 0.29) is 34.5 Å². The number of carboxylic acids is 1. The van der Waals surface area contributed by atoms with Crippen LogP contribution in [0.5, 0.6) is 0 Å². The van der Waals surface area contributed by atoms with Crippen LogP contribution in [0.3, 0.4) is 0 Å². The summed E-state index contributed by atoms with van der Waals surface area (Å²) in [5, 5.41) is 12.3. The summed E-state index contributed by atoms with van der Waals surface area (Å²) in [6.45, 7) is 6.33. The van der Waals surface area contributed by atoms with Gasteiger partial charge in [0.2, 0.25) is 5.91 Å². The molecule has 2 N–H and O–H groups in total. The number of halogens is 5. The van der Waals surface area contributed by atoms with Gasteiger partial charge in [0.05, 0.1) is 29.0 Å². The second-order valence-electron chi connectivity index (χ2n) is 8.49. The van der Waals surface area contributed by atoms with Crippen molar-refractivity contribution in [1.29, 1.82) is 0 Å². The molecule has 0 saturated heterocycles. The summed E-state index contributed by atoms with van der Waals surface area (Å²) >= 11 is 12.2. The zero-order valence-corrected chi connectivity index (χ0v) is 20.1. The lowest BCUT2D eigenvalue weighted by atomic mass is 9.84. The van der Waals surface area contributed by atoms with Gasteiger partial charge >= 0.3 is 12.1 Å². The lowest BCUT2D eigenvalue weighted by Crippen LogP contribution is -2.34. The molecule has 0 fully saturated rings. The third kappa shape index (κ3) is 6.87. The maximum absolute atomic E-state index is 13.6. The third-order valence-corrected chi connectivity index (χ3v) is 6.47. The lowest BCUT2D eigenvalue weighted by molar-refractivity contribution is -0.178. The lowest BCUT2D eigenvalue weighted by Gasteiger charge is -2.27. The number of aliphatic carboxylic acids is 1. The molecule has 0 aromatic heterocycles. The molecular formula is C24H26Cl2F3NO3. The molecule has 2 aromatic carbocycles. The fraction of sp³-hybridized carbons (Fsp3) is 0.417. The van der Waals surface area contributed by atoms with Gasteiger partial charge in [-0.15, -0.1) is 0 Å². The number of hydrogen-bond donors (Lipinski definition) is 2. The maximum Gasteiger partial charge on any atom is 0.392 e.